The molecule has 0 atom stereocenters. The number of halogens is 4. The molecule has 0 saturated carbocycles. The molecule has 0 amide bonds. The molecule has 0 radical (unpaired) electrons. The Kier molecular flexibility index (Phi) is 4.59. The van der Waals surface area contributed by atoms with Crippen molar-refractivity contribution in [1.29, 1.82) is 0 Å². The van der Waals surface area contributed by atoms with Crippen molar-refractivity contribution >= 4 is 0 Å². The maximum absolute atomic E-state index is 13.8. The summed E-state index contributed by atoms with van der Waals surface area (Å²) in [4.78, 5) is 7.29. The van der Waals surface area contributed by atoms with Crippen molar-refractivity contribution in [1.82, 2.24) is 25.0 Å². The highest BCUT2D eigenvalue weighted by Crippen LogP contribution is 2.19. The third kappa shape index (κ3) is 3.73. The van der Waals surface area contributed by atoms with Crippen LogP contribution < -0.4 is 4.74 Å². The van der Waals surface area contributed by atoms with E-state index in [1.165, 1.54) is 19.2 Å². The van der Waals surface area contributed by atoms with Crippen molar-refractivity contribution < 1.29 is 22.3 Å². The quantitative estimate of drug-likeness (QED) is 0.659. The van der Waals surface area contributed by atoms with Gasteiger partial charge in [0.25, 0.3) is 6.43 Å². The van der Waals surface area contributed by atoms with Crippen molar-refractivity contribution in [2.24, 2.45) is 0 Å². The fourth-order valence-corrected chi connectivity index (χ4v) is 1.95. The van der Waals surface area contributed by atoms with Crippen LogP contribution in [0, 0.1) is 18.6 Å². The largest absolute Gasteiger partial charge is 0.457 e. The molecule has 3 aromatic rings. The number of ether oxygens (including phenoxy) is 1. The lowest BCUT2D eigenvalue weighted by Crippen LogP contribution is -2.01. The lowest BCUT2D eigenvalue weighted by atomic mass is 10.2. The van der Waals surface area contributed by atoms with E-state index < -0.39 is 18.1 Å². The Balaban J connectivity index is 1.71. The molecule has 0 spiro atoms. The molecule has 0 N–H and O–H groups in total. The lowest BCUT2D eigenvalue weighted by molar-refractivity contribution is 0.150. The summed E-state index contributed by atoms with van der Waals surface area (Å²) < 4.78 is 58.3. The van der Waals surface area contributed by atoms with Gasteiger partial charge in [0.05, 0.1) is 11.8 Å². The SMILES string of the molecule is Cc1cc(-n2cc(COc3ncc(C(F)F)cn3)nn2)c(F)cc1F. The lowest BCUT2D eigenvalue weighted by Gasteiger charge is -2.04. The van der Waals surface area contributed by atoms with Gasteiger partial charge in [-0.1, -0.05) is 5.21 Å². The van der Waals surface area contributed by atoms with E-state index in [2.05, 4.69) is 20.3 Å². The summed E-state index contributed by atoms with van der Waals surface area (Å²) >= 11 is 0. The number of hydrogen-bond acceptors (Lipinski definition) is 5. The van der Waals surface area contributed by atoms with Crippen LogP contribution in [0.5, 0.6) is 6.01 Å². The summed E-state index contributed by atoms with van der Waals surface area (Å²) in [5.41, 5.74) is 0.302. The Morgan fingerprint density at radius 1 is 1.12 bits per heavy atom. The van der Waals surface area contributed by atoms with Gasteiger partial charge in [0.2, 0.25) is 0 Å². The Labute approximate surface area is 139 Å². The average molecular weight is 353 g/mol. The third-order valence-corrected chi connectivity index (χ3v) is 3.26. The fourth-order valence-electron chi connectivity index (χ4n) is 1.95. The standard InChI is InChI=1S/C15H11F4N5O/c1-8-2-13(12(17)3-11(8)16)24-6-10(22-23-24)7-25-15-20-4-9(5-21-15)14(18)19/h2-6,14H,7H2,1H3. The van der Waals surface area contributed by atoms with Crippen LogP contribution in [0.1, 0.15) is 23.2 Å². The summed E-state index contributed by atoms with van der Waals surface area (Å²) in [7, 11) is 0. The van der Waals surface area contributed by atoms with Crippen molar-refractivity contribution in [3.8, 4) is 11.7 Å². The van der Waals surface area contributed by atoms with Gasteiger partial charge in [-0.25, -0.2) is 32.2 Å². The van der Waals surface area contributed by atoms with Crippen LogP contribution in [0.3, 0.4) is 0 Å². The first kappa shape index (κ1) is 16.8. The Hall–Kier alpha value is -3.04. The van der Waals surface area contributed by atoms with Gasteiger partial charge < -0.3 is 4.74 Å². The van der Waals surface area contributed by atoms with Gasteiger partial charge in [-0.2, -0.15) is 0 Å². The van der Waals surface area contributed by atoms with Crippen LogP contribution >= 0.6 is 0 Å². The smallest absolute Gasteiger partial charge is 0.316 e. The highest BCUT2D eigenvalue weighted by Gasteiger charge is 2.12. The van der Waals surface area contributed by atoms with Crippen molar-refractivity contribution in [3.63, 3.8) is 0 Å². The van der Waals surface area contributed by atoms with Gasteiger partial charge in [0, 0.05) is 18.5 Å². The number of benzene rings is 1. The topological polar surface area (TPSA) is 65.7 Å². The van der Waals surface area contributed by atoms with E-state index in [1.54, 1.807) is 0 Å². The highest BCUT2D eigenvalue weighted by molar-refractivity contribution is 5.37. The van der Waals surface area contributed by atoms with E-state index in [0.29, 0.717) is 5.69 Å². The first-order valence-corrected chi connectivity index (χ1v) is 7.04. The molecule has 0 aliphatic heterocycles. The molecule has 10 heteroatoms. The minimum atomic E-state index is -2.66. The summed E-state index contributed by atoms with van der Waals surface area (Å²) in [6.45, 7) is 1.40. The zero-order valence-corrected chi connectivity index (χ0v) is 12.8. The molecule has 2 heterocycles. The number of alkyl halides is 2. The Morgan fingerprint density at radius 3 is 2.52 bits per heavy atom. The number of nitrogens with zero attached hydrogens (tertiary/aromatic N) is 5. The Bertz CT molecular complexity index is 882. The van der Waals surface area contributed by atoms with E-state index in [1.807, 2.05) is 0 Å². The molecule has 25 heavy (non-hydrogen) atoms. The summed E-state index contributed by atoms with van der Waals surface area (Å²) in [6.07, 6.45) is 0.646. The molecular formula is C15H11F4N5O. The van der Waals surface area contributed by atoms with Gasteiger partial charge in [-0.15, -0.1) is 5.10 Å². The van der Waals surface area contributed by atoms with Crippen LogP contribution in [0.15, 0.2) is 30.7 Å². The zero-order chi connectivity index (χ0) is 18.0. The molecule has 0 unspecified atom stereocenters. The van der Waals surface area contributed by atoms with Gasteiger partial charge in [-0.3, -0.25) is 0 Å². The average Bonchev–Trinajstić information content (AvgIpc) is 3.05. The molecule has 1 aromatic carbocycles. The molecule has 130 valence electrons. The normalized spacial score (nSPS) is 11.1. The third-order valence-electron chi connectivity index (χ3n) is 3.26. The summed E-state index contributed by atoms with van der Waals surface area (Å²) in [5.74, 6) is -1.44. The minimum absolute atomic E-state index is 0.0372. The van der Waals surface area contributed by atoms with Gasteiger partial charge in [0.1, 0.15) is 23.8 Å². The molecular weight excluding hydrogens is 342 g/mol. The minimum Gasteiger partial charge on any atom is -0.457 e. The van der Waals surface area contributed by atoms with Crippen LogP contribution in [0.25, 0.3) is 5.69 Å². The van der Waals surface area contributed by atoms with Gasteiger partial charge in [0.15, 0.2) is 5.82 Å². The molecule has 0 aliphatic rings. The van der Waals surface area contributed by atoms with Crippen molar-refractivity contribution in [3.05, 3.63) is 59.2 Å². The fraction of sp³-hybridized carbons (Fsp3) is 0.200. The summed E-state index contributed by atoms with van der Waals surface area (Å²) in [5, 5.41) is 7.55. The highest BCUT2D eigenvalue weighted by atomic mass is 19.3. The molecule has 6 nitrogen and oxygen atoms in total. The molecule has 0 fully saturated rings. The number of aromatic nitrogens is 5. The first-order chi connectivity index (χ1) is 11.9. The maximum atomic E-state index is 13.8. The van der Waals surface area contributed by atoms with E-state index in [9.17, 15) is 17.6 Å². The molecule has 3 rings (SSSR count). The predicted octanol–water partition coefficient (Wildman–Crippen LogP) is 3.16. The maximum Gasteiger partial charge on any atom is 0.316 e. The van der Waals surface area contributed by atoms with Crippen LogP contribution in [-0.4, -0.2) is 25.0 Å². The number of aryl methyl sites for hydroxylation is 1. The number of rotatable bonds is 5. The van der Waals surface area contributed by atoms with Crippen LogP contribution in [0.2, 0.25) is 0 Å². The van der Waals surface area contributed by atoms with E-state index in [0.717, 1.165) is 23.1 Å². The predicted molar refractivity (Wildman–Crippen MR) is 77.3 cm³/mol. The second-order valence-corrected chi connectivity index (χ2v) is 5.10. The second kappa shape index (κ2) is 6.83. The van der Waals surface area contributed by atoms with Crippen molar-refractivity contribution in [2.75, 3.05) is 0 Å². The monoisotopic (exact) mass is 353 g/mol. The van der Waals surface area contributed by atoms with Crippen LogP contribution in [0.4, 0.5) is 17.6 Å². The first-order valence-electron chi connectivity index (χ1n) is 7.04. The van der Waals surface area contributed by atoms with Gasteiger partial charge >= 0.3 is 6.01 Å². The Morgan fingerprint density at radius 2 is 1.84 bits per heavy atom. The number of hydrogen-bond donors (Lipinski definition) is 0. The molecule has 2 aromatic heterocycles. The van der Waals surface area contributed by atoms with E-state index >= 15 is 0 Å². The molecule has 0 bridgehead atoms. The summed E-state index contributed by atoms with van der Waals surface area (Å²) in [6, 6.07) is 1.96. The van der Waals surface area contributed by atoms with E-state index in [-0.39, 0.29) is 29.4 Å². The molecule has 0 saturated heterocycles. The van der Waals surface area contributed by atoms with E-state index in [4.69, 9.17) is 4.74 Å². The van der Waals surface area contributed by atoms with Crippen molar-refractivity contribution in [2.45, 2.75) is 20.0 Å². The zero-order valence-electron chi connectivity index (χ0n) is 12.8. The second-order valence-electron chi connectivity index (χ2n) is 5.10. The molecule has 0 aliphatic carbocycles. The van der Waals surface area contributed by atoms with Crippen LogP contribution in [-0.2, 0) is 6.61 Å². The van der Waals surface area contributed by atoms with Gasteiger partial charge in [-0.05, 0) is 18.6 Å².